The van der Waals surface area contributed by atoms with Crippen molar-refractivity contribution < 1.29 is 0 Å². The van der Waals surface area contributed by atoms with Crippen LogP contribution in [0.2, 0.25) is 0 Å². The zero-order chi connectivity index (χ0) is 7.40. The molecule has 0 amide bonds. The third kappa shape index (κ3) is 2.00. The van der Waals surface area contributed by atoms with Crippen molar-refractivity contribution in [1.29, 1.82) is 0 Å². The molecule has 1 aliphatic carbocycles. The van der Waals surface area contributed by atoms with Crippen molar-refractivity contribution in [3.05, 3.63) is 0 Å². The molecule has 0 aromatic heterocycles. The van der Waals surface area contributed by atoms with Crippen LogP contribution in [0.25, 0.3) is 0 Å². The molecule has 0 atom stereocenters. The van der Waals surface area contributed by atoms with Crippen molar-refractivity contribution in [1.82, 2.24) is 0 Å². The monoisotopic (exact) mass is 140 g/mol. The minimum atomic E-state index is 1.11. The maximum Gasteiger partial charge on any atom is -0.0409 e. The predicted octanol–water partition coefficient (Wildman–Crippen LogP) is 3.61. The lowest BCUT2D eigenvalue weighted by atomic mass is 9.71. The molecule has 1 fully saturated rings. The third-order valence-electron chi connectivity index (χ3n) is 2.73. The van der Waals surface area contributed by atoms with Gasteiger partial charge in [-0.05, 0) is 24.7 Å². The highest BCUT2D eigenvalue weighted by Gasteiger charge is 2.26. The lowest BCUT2D eigenvalue weighted by Gasteiger charge is -2.35. The van der Waals surface area contributed by atoms with Crippen LogP contribution in [-0.4, -0.2) is 0 Å². The summed E-state index contributed by atoms with van der Waals surface area (Å²) in [5.41, 5.74) is 0. The van der Waals surface area contributed by atoms with Crippen molar-refractivity contribution in [3.63, 3.8) is 0 Å². The molecule has 0 aromatic carbocycles. The molecular formula is C10H20. The van der Waals surface area contributed by atoms with Crippen LogP contribution in [0.3, 0.4) is 0 Å². The summed E-state index contributed by atoms with van der Waals surface area (Å²) in [5, 5.41) is 0. The average molecular weight is 140 g/mol. The van der Waals surface area contributed by atoms with E-state index in [0.29, 0.717) is 0 Å². The largest absolute Gasteiger partial charge is 0.0654 e. The van der Waals surface area contributed by atoms with Crippen LogP contribution >= 0.6 is 0 Å². The van der Waals surface area contributed by atoms with Gasteiger partial charge in [-0.25, -0.2) is 0 Å². The second kappa shape index (κ2) is 4.00. The predicted molar refractivity (Wildman–Crippen MR) is 46.0 cm³/mol. The topological polar surface area (TPSA) is 0 Å². The summed E-state index contributed by atoms with van der Waals surface area (Å²) < 4.78 is 0. The second-order valence-electron chi connectivity index (χ2n) is 3.78. The van der Waals surface area contributed by atoms with Gasteiger partial charge in [0.15, 0.2) is 0 Å². The van der Waals surface area contributed by atoms with Crippen molar-refractivity contribution >= 4 is 0 Å². The molecule has 0 bridgehead atoms. The van der Waals surface area contributed by atoms with Crippen LogP contribution < -0.4 is 0 Å². The molecule has 0 nitrogen and oxygen atoms in total. The first-order valence-electron chi connectivity index (χ1n) is 4.86. The molecule has 0 spiro atoms. The first-order chi connectivity index (χ1) is 4.86. The van der Waals surface area contributed by atoms with E-state index in [-0.39, 0.29) is 0 Å². The van der Waals surface area contributed by atoms with E-state index in [2.05, 4.69) is 13.8 Å². The first-order valence-corrected chi connectivity index (χ1v) is 4.86. The summed E-state index contributed by atoms with van der Waals surface area (Å²) in [7, 11) is 0. The molecule has 0 heterocycles. The minimum Gasteiger partial charge on any atom is -0.0654 e. The van der Waals surface area contributed by atoms with Gasteiger partial charge in [0.1, 0.15) is 0 Å². The van der Waals surface area contributed by atoms with Crippen LogP contribution in [0.15, 0.2) is 0 Å². The highest BCUT2D eigenvalue weighted by Crippen LogP contribution is 2.39. The Labute approximate surface area is 65.0 Å². The summed E-state index contributed by atoms with van der Waals surface area (Å²) in [5.74, 6) is 2.23. The van der Waals surface area contributed by atoms with Crippen LogP contribution in [0.1, 0.15) is 52.4 Å². The molecule has 60 valence electrons. The molecule has 0 aromatic rings. The van der Waals surface area contributed by atoms with E-state index >= 15 is 0 Å². The number of hydrogen-bond donors (Lipinski definition) is 0. The number of rotatable bonds is 4. The molecule has 0 N–H and O–H groups in total. The lowest BCUT2D eigenvalue weighted by molar-refractivity contribution is 0.169. The van der Waals surface area contributed by atoms with Gasteiger partial charge in [0.2, 0.25) is 0 Å². The normalized spacial score (nSPS) is 31.8. The van der Waals surface area contributed by atoms with Gasteiger partial charge in [0.25, 0.3) is 0 Å². The molecule has 0 unspecified atom stereocenters. The van der Waals surface area contributed by atoms with Crippen molar-refractivity contribution in [2.24, 2.45) is 11.8 Å². The molecule has 1 aliphatic rings. The summed E-state index contributed by atoms with van der Waals surface area (Å²) >= 11 is 0. The maximum atomic E-state index is 2.30. The summed E-state index contributed by atoms with van der Waals surface area (Å²) in [6.45, 7) is 4.60. The molecule has 0 heteroatoms. The van der Waals surface area contributed by atoms with Gasteiger partial charge in [-0.15, -0.1) is 0 Å². The smallest absolute Gasteiger partial charge is 0.0409 e. The van der Waals surface area contributed by atoms with Crippen molar-refractivity contribution in [2.75, 3.05) is 0 Å². The molecule has 0 saturated heterocycles. The van der Waals surface area contributed by atoms with Crippen LogP contribution in [0.5, 0.6) is 0 Å². The van der Waals surface area contributed by atoms with Gasteiger partial charge in [-0.3, -0.25) is 0 Å². The van der Waals surface area contributed by atoms with Crippen LogP contribution in [0.4, 0.5) is 0 Å². The van der Waals surface area contributed by atoms with E-state index in [4.69, 9.17) is 0 Å². The zero-order valence-corrected chi connectivity index (χ0v) is 7.40. The molecule has 0 aliphatic heterocycles. The molecule has 0 radical (unpaired) electrons. The Morgan fingerprint density at radius 3 is 1.60 bits per heavy atom. The van der Waals surface area contributed by atoms with Crippen LogP contribution in [-0.2, 0) is 0 Å². The fourth-order valence-electron chi connectivity index (χ4n) is 2.16. The van der Waals surface area contributed by atoms with Gasteiger partial charge < -0.3 is 0 Å². The van der Waals surface area contributed by atoms with Gasteiger partial charge in [-0.1, -0.05) is 39.5 Å². The minimum absolute atomic E-state index is 1.11. The van der Waals surface area contributed by atoms with Gasteiger partial charge >= 0.3 is 0 Å². The first kappa shape index (κ1) is 8.10. The van der Waals surface area contributed by atoms with E-state index < -0.39 is 0 Å². The van der Waals surface area contributed by atoms with Crippen LogP contribution in [0, 0.1) is 11.8 Å². The Hall–Kier alpha value is 0. The van der Waals surface area contributed by atoms with Gasteiger partial charge in [0, 0.05) is 0 Å². The Morgan fingerprint density at radius 1 is 0.900 bits per heavy atom. The highest BCUT2D eigenvalue weighted by molar-refractivity contribution is 4.78. The standard InChI is InChI=1S/C10H20/c1-3-5-9-7-10(8-9)6-4-2/h9-10H,3-8H2,1-2H3. The van der Waals surface area contributed by atoms with Gasteiger partial charge in [-0.2, -0.15) is 0 Å². The summed E-state index contributed by atoms with van der Waals surface area (Å²) in [6, 6.07) is 0. The van der Waals surface area contributed by atoms with E-state index in [9.17, 15) is 0 Å². The SMILES string of the molecule is CCCC1CC(CCC)C1. The van der Waals surface area contributed by atoms with Crippen molar-refractivity contribution in [2.45, 2.75) is 52.4 Å². The summed E-state index contributed by atoms with van der Waals surface area (Å²) in [4.78, 5) is 0. The van der Waals surface area contributed by atoms with E-state index in [0.717, 1.165) is 11.8 Å². The molecule has 10 heavy (non-hydrogen) atoms. The quantitative estimate of drug-likeness (QED) is 0.559. The summed E-state index contributed by atoms with van der Waals surface area (Å²) in [6.07, 6.45) is 8.84. The fraction of sp³-hybridized carbons (Fsp3) is 1.00. The number of hydrogen-bond acceptors (Lipinski definition) is 0. The average Bonchev–Trinajstić information content (AvgIpc) is 1.84. The Bertz CT molecular complexity index is 70.0. The van der Waals surface area contributed by atoms with Gasteiger partial charge in [0.05, 0.1) is 0 Å². The maximum absolute atomic E-state index is 2.30. The zero-order valence-electron chi connectivity index (χ0n) is 7.40. The molecule has 1 rings (SSSR count). The highest BCUT2D eigenvalue weighted by atomic mass is 14.3. The Balaban J connectivity index is 1.95. The Morgan fingerprint density at radius 2 is 1.30 bits per heavy atom. The fourth-order valence-corrected chi connectivity index (χ4v) is 2.16. The van der Waals surface area contributed by atoms with E-state index in [1.807, 2.05) is 0 Å². The van der Waals surface area contributed by atoms with E-state index in [1.165, 1.54) is 25.7 Å². The van der Waals surface area contributed by atoms with Crippen molar-refractivity contribution in [3.8, 4) is 0 Å². The second-order valence-corrected chi connectivity index (χ2v) is 3.78. The Kier molecular flexibility index (Phi) is 3.24. The molecular weight excluding hydrogens is 120 g/mol. The molecule has 1 saturated carbocycles. The van der Waals surface area contributed by atoms with E-state index in [1.54, 1.807) is 12.8 Å². The third-order valence-corrected chi connectivity index (χ3v) is 2.73. The lowest BCUT2D eigenvalue weighted by Crippen LogP contribution is -2.22.